The van der Waals surface area contributed by atoms with Crippen molar-refractivity contribution in [2.24, 2.45) is 11.8 Å². The second kappa shape index (κ2) is 20.5. The fraction of sp³-hybridized carbons (Fsp3) is 0.686. The van der Waals surface area contributed by atoms with Gasteiger partial charge in [0, 0.05) is 46.0 Å². The molecule has 15 heteroatoms. The average molecular weight is 702 g/mol. The van der Waals surface area contributed by atoms with E-state index in [1.54, 1.807) is 54.9 Å². The van der Waals surface area contributed by atoms with E-state index in [2.05, 4.69) is 16.7 Å². The summed E-state index contributed by atoms with van der Waals surface area (Å²) in [5.41, 5.74) is 0.546. The fourth-order valence-electron chi connectivity index (χ4n) is 6.67. The predicted molar refractivity (Wildman–Crippen MR) is 187 cm³/mol. The molecule has 1 aromatic carbocycles. The van der Waals surface area contributed by atoms with Crippen molar-refractivity contribution in [1.82, 2.24) is 25.3 Å². The maximum absolute atomic E-state index is 13.9. The standard InChI is InChI=1S/C35H55N7O8/c1-9-23(2)33(40(6)32(45)21-37-30(43)22-39(4)5)29(49-7)20-31(44)41-17-11-14-28(41)34(50-8)24(3)35(46)38-26(15-16-36)18-25-12-10-13-27(19-25)42(47)48/h10,12-13,19,23-24,26,28-29,33-34H,9,11,14-15,17-18,20-22H2,1-8H3,(H,37,43)(H,38,46). The highest BCUT2D eigenvalue weighted by molar-refractivity contribution is 5.86. The van der Waals surface area contributed by atoms with E-state index in [9.17, 15) is 34.6 Å². The Hall–Kier alpha value is -4.13. The normalized spacial score (nSPS) is 17.9. The maximum Gasteiger partial charge on any atom is 0.269 e. The van der Waals surface area contributed by atoms with Gasteiger partial charge in [-0.15, -0.1) is 0 Å². The van der Waals surface area contributed by atoms with Gasteiger partial charge in [-0.25, -0.2) is 0 Å². The number of benzene rings is 1. The summed E-state index contributed by atoms with van der Waals surface area (Å²) in [5.74, 6) is -1.82. The Morgan fingerprint density at radius 1 is 1.16 bits per heavy atom. The lowest BCUT2D eigenvalue weighted by atomic mass is 9.90. The van der Waals surface area contributed by atoms with E-state index in [0.29, 0.717) is 24.9 Å². The highest BCUT2D eigenvalue weighted by Gasteiger charge is 2.42. The summed E-state index contributed by atoms with van der Waals surface area (Å²) >= 11 is 0. The minimum atomic E-state index is -0.692. The van der Waals surface area contributed by atoms with Crippen LogP contribution in [0.2, 0.25) is 0 Å². The minimum absolute atomic E-state index is 0.00198. The molecule has 0 saturated carbocycles. The van der Waals surface area contributed by atoms with Crippen molar-refractivity contribution in [3.05, 3.63) is 39.9 Å². The number of methoxy groups -OCH3 is 2. The number of nitro benzene ring substituents is 1. The summed E-state index contributed by atoms with van der Waals surface area (Å²) in [6.45, 7) is 6.16. The van der Waals surface area contributed by atoms with Crippen molar-refractivity contribution in [1.29, 1.82) is 5.26 Å². The van der Waals surface area contributed by atoms with Crippen molar-refractivity contribution in [2.75, 3.05) is 55.0 Å². The number of carbonyl (C=O) groups excluding carboxylic acids is 4. The van der Waals surface area contributed by atoms with E-state index in [0.717, 1.165) is 6.42 Å². The van der Waals surface area contributed by atoms with E-state index >= 15 is 0 Å². The van der Waals surface area contributed by atoms with Crippen LogP contribution in [0.5, 0.6) is 0 Å². The lowest BCUT2D eigenvalue weighted by Gasteiger charge is -2.39. The zero-order valence-corrected chi connectivity index (χ0v) is 30.7. The zero-order valence-electron chi connectivity index (χ0n) is 30.7. The first kappa shape index (κ1) is 42.0. The molecule has 2 N–H and O–H groups in total. The highest BCUT2D eigenvalue weighted by atomic mass is 16.6. The second-order valence-electron chi connectivity index (χ2n) is 13.4. The molecule has 7 atom stereocenters. The van der Waals surface area contributed by atoms with E-state index in [4.69, 9.17) is 9.47 Å². The Morgan fingerprint density at radius 3 is 2.44 bits per heavy atom. The molecule has 1 saturated heterocycles. The first-order valence-electron chi connectivity index (χ1n) is 17.1. The van der Waals surface area contributed by atoms with Gasteiger partial charge in [0.25, 0.3) is 5.69 Å². The number of likely N-dealkylation sites (tertiary alicyclic amines) is 1. The monoisotopic (exact) mass is 701 g/mol. The van der Waals surface area contributed by atoms with Crippen LogP contribution in [0, 0.1) is 33.3 Å². The summed E-state index contributed by atoms with van der Waals surface area (Å²) in [7, 11) is 8.20. The summed E-state index contributed by atoms with van der Waals surface area (Å²) < 4.78 is 11.7. The summed E-state index contributed by atoms with van der Waals surface area (Å²) in [6, 6.07) is 6.74. The maximum atomic E-state index is 13.9. The molecule has 1 fully saturated rings. The number of likely N-dealkylation sites (N-methyl/N-ethyl adjacent to an activating group) is 2. The number of nitro groups is 1. The molecule has 0 bridgehead atoms. The Balaban J connectivity index is 2.17. The molecule has 7 unspecified atom stereocenters. The van der Waals surface area contributed by atoms with Crippen LogP contribution >= 0.6 is 0 Å². The zero-order chi connectivity index (χ0) is 37.5. The summed E-state index contributed by atoms with van der Waals surface area (Å²) in [4.78, 5) is 68.5. The molecule has 1 heterocycles. The van der Waals surface area contributed by atoms with Gasteiger partial charge in [0.2, 0.25) is 23.6 Å². The smallest absolute Gasteiger partial charge is 0.269 e. The van der Waals surface area contributed by atoms with Gasteiger partial charge < -0.3 is 34.8 Å². The number of carbonyl (C=O) groups is 4. The Bertz CT molecular complexity index is 1350. The van der Waals surface area contributed by atoms with Gasteiger partial charge in [0.05, 0.1) is 67.1 Å². The molecule has 1 aromatic rings. The van der Waals surface area contributed by atoms with Gasteiger partial charge in [-0.2, -0.15) is 5.26 Å². The topological polar surface area (TPSA) is 187 Å². The van der Waals surface area contributed by atoms with Crippen LogP contribution in [-0.2, 0) is 35.1 Å². The van der Waals surface area contributed by atoms with Crippen LogP contribution in [0.4, 0.5) is 5.69 Å². The van der Waals surface area contributed by atoms with Crippen molar-refractivity contribution < 1.29 is 33.6 Å². The minimum Gasteiger partial charge on any atom is -0.379 e. The second-order valence-corrected chi connectivity index (χ2v) is 13.4. The lowest BCUT2D eigenvalue weighted by Crippen LogP contribution is -2.54. The molecule has 4 amide bonds. The van der Waals surface area contributed by atoms with Crippen LogP contribution in [0.25, 0.3) is 0 Å². The van der Waals surface area contributed by atoms with Crippen molar-refractivity contribution in [3.63, 3.8) is 0 Å². The summed E-state index contributed by atoms with van der Waals surface area (Å²) in [5, 5.41) is 26.2. The van der Waals surface area contributed by atoms with Crippen LogP contribution in [0.3, 0.4) is 0 Å². The fourth-order valence-corrected chi connectivity index (χ4v) is 6.67. The number of nitriles is 1. The van der Waals surface area contributed by atoms with Crippen molar-refractivity contribution >= 4 is 29.3 Å². The number of nitrogens with zero attached hydrogens (tertiary/aromatic N) is 5. The molecular weight excluding hydrogens is 646 g/mol. The van der Waals surface area contributed by atoms with Crippen LogP contribution < -0.4 is 10.6 Å². The third kappa shape index (κ3) is 12.0. The lowest BCUT2D eigenvalue weighted by molar-refractivity contribution is -0.384. The highest BCUT2D eigenvalue weighted by Crippen LogP contribution is 2.29. The molecule has 1 aliphatic rings. The number of nitrogens with one attached hydrogen (secondary N) is 2. The van der Waals surface area contributed by atoms with E-state index in [1.807, 2.05) is 13.8 Å². The van der Waals surface area contributed by atoms with Crippen LogP contribution in [0.15, 0.2) is 24.3 Å². The number of hydrogen-bond acceptors (Lipinski definition) is 10. The number of amides is 4. The quantitative estimate of drug-likeness (QED) is 0.151. The molecule has 0 radical (unpaired) electrons. The number of rotatable bonds is 20. The Morgan fingerprint density at radius 2 is 1.86 bits per heavy atom. The van der Waals surface area contributed by atoms with E-state index in [1.165, 1.54) is 26.4 Å². The van der Waals surface area contributed by atoms with Gasteiger partial charge in [-0.05, 0) is 44.8 Å². The molecule has 2 rings (SSSR count). The first-order valence-corrected chi connectivity index (χ1v) is 17.1. The average Bonchev–Trinajstić information content (AvgIpc) is 3.56. The number of hydrogen-bond donors (Lipinski definition) is 2. The molecular formula is C35H55N7O8. The molecule has 1 aliphatic heterocycles. The van der Waals surface area contributed by atoms with Crippen molar-refractivity contribution in [3.8, 4) is 6.07 Å². The van der Waals surface area contributed by atoms with Gasteiger partial charge in [-0.1, -0.05) is 39.3 Å². The number of non-ortho nitro benzene ring substituents is 1. The van der Waals surface area contributed by atoms with Gasteiger partial charge in [-0.3, -0.25) is 29.3 Å². The third-order valence-corrected chi connectivity index (χ3v) is 9.49. The van der Waals surface area contributed by atoms with Crippen LogP contribution in [-0.4, -0.2) is 129 Å². The number of ether oxygens (including phenoxy) is 2. The third-order valence-electron chi connectivity index (χ3n) is 9.49. The molecule has 278 valence electrons. The van der Waals surface area contributed by atoms with E-state index < -0.39 is 41.2 Å². The van der Waals surface area contributed by atoms with Crippen LogP contribution in [0.1, 0.15) is 58.4 Å². The molecule has 0 spiro atoms. The Kier molecular flexibility index (Phi) is 17.3. The SMILES string of the molecule is CCC(C)C(C(CC(=O)N1CCCC1C(OC)C(C)C(=O)NC(CC#N)Cc1cccc([N+](=O)[O-])c1)OC)N(C)C(=O)CNC(=O)CN(C)C. The van der Waals surface area contributed by atoms with Gasteiger partial charge in [0.15, 0.2) is 0 Å². The molecule has 0 aliphatic carbocycles. The van der Waals surface area contributed by atoms with Gasteiger partial charge >= 0.3 is 0 Å². The molecule has 15 nitrogen and oxygen atoms in total. The van der Waals surface area contributed by atoms with Crippen molar-refractivity contribution in [2.45, 2.75) is 89.6 Å². The van der Waals surface area contributed by atoms with E-state index in [-0.39, 0.29) is 67.6 Å². The first-order chi connectivity index (χ1) is 23.7. The molecule has 0 aromatic heterocycles. The Labute approximate surface area is 295 Å². The summed E-state index contributed by atoms with van der Waals surface area (Å²) in [6.07, 6.45) is 1.01. The van der Waals surface area contributed by atoms with Gasteiger partial charge in [0.1, 0.15) is 0 Å². The predicted octanol–water partition coefficient (Wildman–Crippen LogP) is 2.13. The molecule has 50 heavy (non-hydrogen) atoms. The largest absolute Gasteiger partial charge is 0.379 e.